The number of carbonyl (C=O) groups excluding carboxylic acids is 1. The van der Waals surface area contributed by atoms with Crippen LogP contribution in [0, 0.1) is 0 Å². The van der Waals surface area contributed by atoms with Crippen molar-refractivity contribution >= 4 is 5.91 Å². The summed E-state index contributed by atoms with van der Waals surface area (Å²) >= 11 is 0. The molecule has 1 rings (SSSR count). The molecule has 1 aromatic rings. The minimum absolute atomic E-state index is 0.122. The van der Waals surface area contributed by atoms with Crippen LogP contribution in [0.25, 0.3) is 0 Å². The Morgan fingerprint density at radius 2 is 2.25 bits per heavy atom. The van der Waals surface area contributed by atoms with Crippen LogP contribution < -0.4 is 10.9 Å². The second-order valence-electron chi connectivity index (χ2n) is 3.84. The maximum absolute atomic E-state index is 11.7. The van der Waals surface area contributed by atoms with Crippen molar-refractivity contribution in [1.29, 1.82) is 0 Å². The van der Waals surface area contributed by atoms with Gasteiger partial charge in [0.15, 0.2) is 0 Å². The van der Waals surface area contributed by atoms with Crippen LogP contribution in [0.1, 0.15) is 37.2 Å². The number of aromatic nitrogens is 2. The van der Waals surface area contributed by atoms with Gasteiger partial charge >= 0.3 is 0 Å². The van der Waals surface area contributed by atoms with Crippen molar-refractivity contribution < 1.29 is 4.79 Å². The van der Waals surface area contributed by atoms with Gasteiger partial charge in [0.05, 0.1) is 0 Å². The molecule has 0 aromatic carbocycles. The molecular weight excluding hydrogens is 206 g/mol. The number of aryl methyl sites for hydroxylation is 1. The van der Waals surface area contributed by atoms with Crippen LogP contribution in [0.5, 0.6) is 0 Å². The molecule has 0 aliphatic rings. The average molecular weight is 223 g/mol. The van der Waals surface area contributed by atoms with Crippen molar-refractivity contribution in [3.8, 4) is 0 Å². The molecule has 1 atom stereocenters. The lowest BCUT2D eigenvalue weighted by Gasteiger charge is -2.12. The second kappa shape index (κ2) is 5.44. The monoisotopic (exact) mass is 223 g/mol. The van der Waals surface area contributed by atoms with Crippen molar-refractivity contribution in [2.75, 3.05) is 0 Å². The van der Waals surface area contributed by atoms with Gasteiger partial charge in [-0.25, -0.2) is 4.68 Å². The largest absolute Gasteiger partial charge is 0.348 e. The Hall–Kier alpha value is -1.65. The van der Waals surface area contributed by atoms with Crippen LogP contribution in [-0.2, 0) is 7.05 Å². The molecule has 1 unspecified atom stereocenters. The first kappa shape index (κ1) is 12.4. The van der Waals surface area contributed by atoms with E-state index in [1.165, 1.54) is 19.2 Å². The number of nitrogens with zero attached hydrogens (tertiary/aromatic N) is 2. The number of nitrogens with one attached hydrogen (secondary N) is 1. The quantitative estimate of drug-likeness (QED) is 0.817. The third kappa shape index (κ3) is 3.18. The lowest BCUT2D eigenvalue weighted by molar-refractivity contribution is 0.0931. The van der Waals surface area contributed by atoms with E-state index in [9.17, 15) is 9.59 Å². The van der Waals surface area contributed by atoms with Crippen molar-refractivity contribution in [1.82, 2.24) is 15.1 Å². The van der Waals surface area contributed by atoms with E-state index in [-0.39, 0.29) is 23.2 Å². The van der Waals surface area contributed by atoms with E-state index in [4.69, 9.17) is 0 Å². The van der Waals surface area contributed by atoms with Gasteiger partial charge in [0.1, 0.15) is 5.69 Å². The maximum atomic E-state index is 11.7. The molecule has 0 spiro atoms. The highest BCUT2D eigenvalue weighted by atomic mass is 16.2. The summed E-state index contributed by atoms with van der Waals surface area (Å²) in [7, 11) is 1.52. The summed E-state index contributed by atoms with van der Waals surface area (Å²) in [5, 5.41) is 6.70. The van der Waals surface area contributed by atoms with Gasteiger partial charge in [-0.15, -0.1) is 0 Å². The molecule has 0 bridgehead atoms. The highest BCUT2D eigenvalue weighted by Gasteiger charge is 2.11. The molecular formula is C11H17N3O2. The molecule has 0 saturated carbocycles. The zero-order valence-corrected chi connectivity index (χ0v) is 9.86. The number of carbonyl (C=O) groups is 1. The van der Waals surface area contributed by atoms with Crippen LogP contribution >= 0.6 is 0 Å². The first-order valence-corrected chi connectivity index (χ1v) is 5.39. The molecule has 0 radical (unpaired) electrons. The van der Waals surface area contributed by atoms with Crippen LogP contribution in [0.2, 0.25) is 0 Å². The zero-order chi connectivity index (χ0) is 12.1. The number of hydrogen-bond acceptors (Lipinski definition) is 3. The van der Waals surface area contributed by atoms with Gasteiger partial charge in [-0.05, 0) is 19.4 Å². The van der Waals surface area contributed by atoms with Gasteiger partial charge in [-0.2, -0.15) is 5.10 Å². The first-order valence-electron chi connectivity index (χ1n) is 5.39. The molecule has 1 heterocycles. The molecule has 0 aliphatic carbocycles. The topological polar surface area (TPSA) is 64.0 Å². The summed E-state index contributed by atoms with van der Waals surface area (Å²) in [5.74, 6) is -0.239. The second-order valence-corrected chi connectivity index (χ2v) is 3.84. The molecule has 5 heteroatoms. The molecule has 0 fully saturated rings. The van der Waals surface area contributed by atoms with Crippen LogP contribution in [-0.4, -0.2) is 21.7 Å². The standard InChI is InChI=1S/C11H17N3O2/c1-4-5-8(2)12-11(16)9-6-7-10(15)14(3)13-9/h6-8H,4-5H2,1-3H3,(H,12,16). The van der Waals surface area contributed by atoms with Crippen molar-refractivity contribution in [3.05, 3.63) is 28.2 Å². The van der Waals surface area contributed by atoms with E-state index in [0.29, 0.717) is 0 Å². The SMILES string of the molecule is CCCC(C)NC(=O)c1ccc(=O)n(C)n1. The van der Waals surface area contributed by atoms with E-state index < -0.39 is 0 Å². The number of hydrogen-bond donors (Lipinski definition) is 1. The Morgan fingerprint density at radius 1 is 1.56 bits per heavy atom. The van der Waals surface area contributed by atoms with E-state index in [2.05, 4.69) is 17.3 Å². The van der Waals surface area contributed by atoms with Gasteiger partial charge in [0.2, 0.25) is 0 Å². The molecule has 0 saturated heterocycles. The molecule has 1 N–H and O–H groups in total. The summed E-state index contributed by atoms with van der Waals surface area (Å²) in [4.78, 5) is 22.8. The smallest absolute Gasteiger partial charge is 0.271 e. The van der Waals surface area contributed by atoms with Crippen molar-refractivity contribution in [3.63, 3.8) is 0 Å². The predicted octanol–water partition coefficient (Wildman–Crippen LogP) is 0.699. The summed E-state index contributed by atoms with van der Waals surface area (Å²) in [6.07, 6.45) is 1.94. The van der Waals surface area contributed by atoms with Crippen molar-refractivity contribution in [2.24, 2.45) is 7.05 Å². The van der Waals surface area contributed by atoms with Crippen LogP contribution in [0.15, 0.2) is 16.9 Å². The highest BCUT2D eigenvalue weighted by molar-refractivity contribution is 5.92. The maximum Gasteiger partial charge on any atom is 0.271 e. The Kier molecular flexibility index (Phi) is 4.22. The summed E-state index contributed by atoms with van der Waals surface area (Å²) in [6, 6.07) is 2.90. The normalized spacial score (nSPS) is 12.2. The average Bonchev–Trinajstić information content (AvgIpc) is 2.22. The highest BCUT2D eigenvalue weighted by Crippen LogP contribution is 1.97. The molecule has 88 valence electrons. The lowest BCUT2D eigenvalue weighted by Crippen LogP contribution is -2.34. The zero-order valence-electron chi connectivity index (χ0n) is 9.86. The molecule has 0 aliphatic heterocycles. The summed E-state index contributed by atoms with van der Waals surface area (Å²) in [6.45, 7) is 4.01. The Bertz CT molecular complexity index is 425. The van der Waals surface area contributed by atoms with Crippen molar-refractivity contribution in [2.45, 2.75) is 32.7 Å². The lowest BCUT2D eigenvalue weighted by atomic mass is 10.2. The van der Waals surface area contributed by atoms with E-state index in [0.717, 1.165) is 17.5 Å². The van der Waals surface area contributed by atoms with Gasteiger partial charge in [0.25, 0.3) is 11.5 Å². The van der Waals surface area contributed by atoms with Crippen LogP contribution in [0.4, 0.5) is 0 Å². The van der Waals surface area contributed by atoms with Gasteiger partial charge in [-0.1, -0.05) is 13.3 Å². The van der Waals surface area contributed by atoms with Gasteiger partial charge < -0.3 is 5.32 Å². The fraction of sp³-hybridized carbons (Fsp3) is 0.545. The minimum Gasteiger partial charge on any atom is -0.348 e. The Labute approximate surface area is 94.5 Å². The minimum atomic E-state index is -0.239. The number of amides is 1. The van der Waals surface area contributed by atoms with Crippen LogP contribution in [0.3, 0.4) is 0 Å². The predicted molar refractivity (Wildman–Crippen MR) is 61.3 cm³/mol. The van der Waals surface area contributed by atoms with E-state index >= 15 is 0 Å². The Balaban J connectivity index is 2.73. The third-order valence-electron chi connectivity index (χ3n) is 2.29. The third-order valence-corrected chi connectivity index (χ3v) is 2.29. The molecule has 1 aromatic heterocycles. The summed E-state index contributed by atoms with van der Waals surface area (Å²) < 4.78 is 1.15. The first-order chi connectivity index (χ1) is 7.54. The molecule has 5 nitrogen and oxygen atoms in total. The fourth-order valence-electron chi connectivity index (χ4n) is 1.43. The fourth-order valence-corrected chi connectivity index (χ4v) is 1.43. The van der Waals surface area contributed by atoms with E-state index in [1.807, 2.05) is 6.92 Å². The number of rotatable bonds is 4. The van der Waals surface area contributed by atoms with Gasteiger partial charge in [-0.3, -0.25) is 9.59 Å². The molecule has 1 amide bonds. The Morgan fingerprint density at radius 3 is 2.81 bits per heavy atom. The molecule has 16 heavy (non-hydrogen) atoms. The van der Waals surface area contributed by atoms with E-state index in [1.54, 1.807) is 0 Å². The summed E-state index contributed by atoms with van der Waals surface area (Å²) in [5.41, 5.74) is 0.0446. The van der Waals surface area contributed by atoms with Gasteiger partial charge in [0, 0.05) is 19.2 Å².